The minimum absolute atomic E-state index is 0.0530. The van der Waals surface area contributed by atoms with Gasteiger partial charge in [-0.1, -0.05) is 30.3 Å². The van der Waals surface area contributed by atoms with Crippen LogP contribution in [0.5, 0.6) is 0 Å². The molecule has 0 aliphatic carbocycles. The predicted octanol–water partition coefficient (Wildman–Crippen LogP) is 1.55. The summed E-state index contributed by atoms with van der Waals surface area (Å²) in [5, 5.41) is 23.6. The van der Waals surface area contributed by atoms with Gasteiger partial charge >= 0.3 is 11.5 Å². The predicted molar refractivity (Wildman–Crippen MR) is 69.5 cm³/mol. The molecule has 1 aromatic heterocycles. The van der Waals surface area contributed by atoms with Crippen molar-refractivity contribution in [2.75, 3.05) is 11.9 Å². The molecule has 98 valence electrons. The summed E-state index contributed by atoms with van der Waals surface area (Å²) in [4.78, 5) is 13.1. The van der Waals surface area contributed by atoms with Crippen LogP contribution in [0, 0.1) is 10.1 Å². The standard InChI is InChI=1S/C13H13N3O3/c17-12(10-5-2-1-3-6-10)9-15-13-11(16(18)19)7-4-8-14-13/h1-8,12,17H,9H2,(H,14,15)/p+1/t12-/m1/s1. The van der Waals surface area contributed by atoms with Gasteiger partial charge in [0.2, 0.25) is 0 Å². The maximum atomic E-state index is 10.8. The summed E-state index contributed by atoms with van der Waals surface area (Å²) in [5.74, 6) is 0.280. The summed E-state index contributed by atoms with van der Waals surface area (Å²) in [5.41, 5.74) is 0.705. The summed E-state index contributed by atoms with van der Waals surface area (Å²) < 4.78 is 0. The third-order valence-electron chi connectivity index (χ3n) is 2.69. The number of pyridine rings is 1. The van der Waals surface area contributed by atoms with Crippen LogP contribution in [0.15, 0.2) is 48.7 Å². The zero-order valence-electron chi connectivity index (χ0n) is 10.1. The molecule has 0 fully saturated rings. The van der Waals surface area contributed by atoms with Crippen molar-refractivity contribution in [2.24, 2.45) is 0 Å². The minimum atomic E-state index is -0.727. The highest BCUT2D eigenvalue weighted by Crippen LogP contribution is 2.19. The van der Waals surface area contributed by atoms with Crippen LogP contribution in [0.4, 0.5) is 11.5 Å². The SMILES string of the molecule is O=[N+]([O-])c1ccc[nH+]c1NC[C@@H](O)c1ccccc1. The average Bonchev–Trinajstić information content (AvgIpc) is 2.46. The number of aliphatic hydroxyl groups excluding tert-OH is 1. The van der Waals surface area contributed by atoms with Gasteiger partial charge < -0.3 is 5.11 Å². The number of anilines is 1. The molecule has 6 nitrogen and oxygen atoms in total. The largest absolute Gasteiger partial charge is 0.384 e. The fourth-order valence-electron chi connectivity index (χ4n) is 1.71. The number of rotatable bonds is 5. The van der Waals surface area contributed by atoms with E-state index in [-0.39, 0.29) is 18.1 Å². The van der Waals surface area contributed by atoms with Crippen LogP contribution in [0.1, 0.15) is 11.7 Å². The Morgan fingerprint density at radius 2 is 2.00 bits per heavy atom. The highest BCUT2D eigenvalue weighted by molar-refractivity contribution is 5.50. The lowest BCUT2D eigenvalue weighted by Crippen LogP contribution is -2.19. The smallest absolute Gasteiger partial charge is 0.357 e. The van der Waals surface area contributed by atoms with Gasteiger partial charge in [0.15, 0.2) is 0 Å². The fourth-order valence-corrected chi connectivity index (χ4v) is 1.71. The van der Waals surface area contributed by atoms with Gasteiger partial charge in [-0.15, -0.1) is 0 Å². The van der Waals surface area contributed by atoms with Crippen LogP contribution in [-0.2, 0) is 0 Å². The lowest BCUT2D eigenvalue weighted by molar-refractivity contribution is -0.409. The first-order valence-electron chi connectivity index (χ1n) is 5.80. The van der Waals surface area contributed by atoms with Crippen LogP contribution in [0.25, 0.3) is 0 Å². The number of nitro groups is 1. The molecule has 0 saturated carbocycles. The minimum Gasteiger partial charge on any atom is -0.384 e. The molecule has 0 bridgehead atoms. The molecule has 0 amide bonds. The third kappa shape index (κ3) is 3.26. The quantitative estimate of drug-likeness (QED) is 0.630. The number of aliphatic hydroxyl groups is 1. The van der Waals surface area contributed by atoms with E-state index < -0.39 is 11.0 Å². The second-order valence-electron chi connectivity index (χ2n) is 3.99. The zero-order valence-corrected chi connectivity index (χ0v) is 10.1. The van der Waals surface area contributed by atoms with Crippen molar-refractivity contribution in [2.45, 2.75) is 6.10 Å². The van der Waals surface area contributed by atoms with Crippen molar-refractivity contribution in [3.8, 4) is 0 Å². The Hall–Kier alpha value is -2.47. The zero-order chi connectivity index (χ0) is 13.7. The van der Waals surface area contributed by atoms with Crippen molar-refractivity contribution in [3.63, 3.8) is 0 Å². The maximum absolute atomic E-state index is 10.8. The molecule has 2 aromatic rings. The molecule has 0 radical (unpaired) electrons. The number of benzene rings is 1. The fraction of sp³-hybridized carbons (Fsp3) is 0.154. The van der Waals surface area contributed by atoms with E-state index in [1.54, 1.807) is 24.4 Å². The molecule has 1 heterocycles. The van der Waals surface area contributed by atoms with Crippen LogP contribution >= 0.6 is 0 Å². The number of nitrogens with zero attached hydrogens (tertiary/aromatic N) is 1. The number of aromatic nitrogens is 1. The molecule has 1 atom stereocenters. The highest BCUT2D eigenvalue weighted by atomic mass is 16.6. The first-order valence-corrected chi connectivity index (χ1v) is 5.80. The van der Waals surface area contributed by atoms with Crippen molar-refractivity contribution < 1.29 is 15.0 Å². The Morgan fingerprint density at radius 1 is 1.26 bits per heavy atom. The van der Waals surface area contributed by atoms with Gasteiger partial charge in [0, 0.05) is 6.07 Å². The van der Waals surface area contributed by atoms with E-state index in [1.807, 2.05) is 18.2 Å². The topological polar surface area (TPSA) is 89.5 Å². The maximum Gasteiger partial charge on any atom is 0.357 e. The first kappa shape index (κ1) is 13.0. The lowest BCUT2D eigenvalue weighted by atomic mass is 10.1. The second kappa shape index (κ2) is 5.92. The third-order valence-corrected chi connectivity index (χ3v) is 2.69. The molecule has 0 aliphatic rings. The van der Waals surface area contributed by atoms with Crippen molar-refractivity contribution in [1.82, 2.24) is 0 Å². The van der Waals surface area contributed by atoms with E-state index >= 15 is 0 Å². The molecule has 0 saturated heterocycles. The van der Waals surface area contributed by atoms with Gasteiger partial charge in [0.05, 0.1) is 11.1 Å². The second-order valence-corrected chi connectivity index (χ2v) is 3.99. The molecular weight excluding hydrogens is 246 g/mol. The van der Waals surface area contributed by atoms with Gasteiger partial charge in [-0.05, 0) is 11.6 Å². The summed E-state index contributed by atoms with van der Waals surface area (Å²) >= 11 is 0. The molecule has 1 aromatic carbocycles. The summed E-state index contributed by atoms with van der Waals surface area (Å²) in [7, 11) is 0. The van der Waals surface area contributed by atoms with Crippen molar-refractivity contribution in [1.29, 1.82) is 0 Å². The van der Waals surface area contributed by atoms with E-state index in [0.717, 1.165) is 5.56 Å². The number of aromatic amines is 1. The Morgan fingerprint density at radius 3 is 2.68 bits per heavy atom. The molecule has 19 heavy (non-hydrogen) atoms. The first-order chi connectivity index (χ1) is 9.18. The van der Waals surface area contributed by atoms with E-state index in [2.05, 4.69) is 10.3 Å². The molecule has 2 rings (SSSR count). The Labute approximate surface area is 109 Å². The molecule has 3 N–H and O–H groups in total. The molecule has 0 spiro atoms. The van der Waals surface area contributed by atoms with Crippen LogP contribution in [0.3, 0.4) is 0 Å². The molecular formula is C13H14N3O3+. The van der Waals surface area contributed by atoms with Gasteiger partial charge in [0.25, 0.3) is 0 Å². The van der Waals surface area contributed by atoms with Gasteiger partial charge in [-0.2, -0.15) is 0 Å². The summed E-state index contributed by atoms with van der Waals surface area (Å²) in [6.07, 6.45) is 0.860. The monoisotopic (exact) mass is 260 g/mol. The highest BCUT2D eigenvalue weighted by Gasteiger charge is 2.20. The van der Waals surface area contributed by atoms with Gasteiger partial charge in [-0.25, -0.2) is 4.98 Å². The van der Waals surface area contributed by atoms with Crippen LogP contribution < -0.4 is 10.3 Å². The molecule has 0 unspecified atom stereocenters. The Kier molecular flexibility index (Phi) is 4.04. The molecule has 6 heteroatoms. The average molecular weight is 260 g/mol. The van der Waals surface area contributed by atoms with Crippen molar-refractivity contribution >= 4 is 11.5 Å². The lowest BCUT2D eigenvalue weighted by Gasteiger charge is -2.08. The number of H-pyrrole nitrogens is 1. The van der Waals surface area contributed by atoms with Gasteiger partial charge in [0.1, 0.15) is 12.6 Å². The van der Waals surface area contributed by atoms with Gasteiger partial charge in [-0.3, -0.25) is 15.4 Å². The Balaban J connectivity index is 2.05. The number of nitrogens with one attached hydrogen (secondary N) is 2. The van der Waals surface area contributed by atoms with E-state index in [0.29, 0.717) is 0 Å². The Bertz CT molecular complexity index is 560. The number of hydrogen-bond donors (Lipinski definition) is 2. The van der Waals surface area contributed by atoms with E-state index in [9.17, 15) is 15.2 Å². The number of hydrogen-bond acceptors (Lipinski definition) is 4. The van der Waals surface area contributed by atoms with Crippen LogP contribution in [0.2, 0.25) is 0 Å². The summed E-state index contributed by atoms with van der Waals surface area (Å²) in [6.45, 7) is 0.186. The van der Waals surface area contributed by atoms with Crippen molar-refractivity contribution in [3.05, 3.63) is 64.3 Å². The van der Waals surface area contributed by atoms with E-state index in [1.165, 1.54) is 6.07 Å². The van der Waals surface area contributed by atoms with Crippen LogP contribution in [-0.4, -0.2) is 16.6 Å². The summed E-state index contributed by atoms with van der Waals surface area (Å²) in [6, 6.07) is 12.1. The normalized spacial score (nSPS) is 11.8. The molecule has 0 aliphatic heterocycles. The van der Waals surface area contributed by atoms with E-state index in [4.69, 9.17) is 0 Å².